The van der Waals surface area contributed by atoms with Gasteiger partial charge in [0, 0.05) is 24.8 Å². The molecule has 6 nitrogen and oxygen atoms in total. The lowest BCUT2D eigenvalue weighted by Gasteiger charge is -2.09. The standard InChI is InChI=1S/C22H17N5O/c1-26-13-19-17(6-3-7-20(19)25-26)16-5-2-4-15(10-16)12-27-14-24-21-11-23-9-8-18(21)22(27)28/h2-11,13-14H,12H2,1H3. The second kappa shape index (κ2) is 6.42. The number of fused-ring (bicyclic) bond motifs is 2. The highest BCUT2D eigenvalue weighted by molar-refractivity contribution is 5.94. The van der Waals surface area contributed by atoms with Crippen LogP contribution in [0, 0.1) is 0 Å². The van der Waals surface area contributed by atoms with Crippen LogP contribution in [0.15, 0.2) is 78.2 Å². The van der Waals surface area contributed by atoms with Crippen LogP contribution in [0.1, 0.15) is 5.56 Å². The number of hydrogen-bond acceptors (Lipinski definition) is 4. The average molecular weight is 367 g/mol. The van der Waals surface area contributed by atoms with Gasteiger partial charge >= 0.3 is 0 Å². The lowest BCUT2D eigenvalue weighted by molar-refractivity contribution is 0.748. The highest BCUT2D eigenvalue weighted by atomic mass is 16.1. The summed E-state index contributed by atoms with van der Waals surface area (Å²) >= 11 is 0. The molecule has 2 aromatic carbocycles. The number of nitrogens with zero attached hydrogens (tertiary/aromatic N) is 5. The summed E-state index contributed by atoms with van der Waals surface area (Å²) in [6.07, 6.45) is 6.84. The van der Waals surface area contributed by atoms with Crippen LogP contribution in [0.3, 0.4) is 0 Å². The Bertz CT molecular complexity index is 1380. The Labute approximate surface area is 160 Å². The van der Waals surface area contributed by atoms with Gasteiger partial charge < -0.3 is 0 Å². The van der Waals surface area contributed by atoms with Crippen LogP contribution >= 0.6 is 0 Å². The summed E-state index contributed by atoms with van der Waals surface area (Å²) in [5.41, 5.74) is 4.78. The molecule has 0 unspecified atom stereocenters. The maximum Gasteiger partial charge on any atom is 0.261 e. The SMILES string of the molecule is Cn1cc2c(-c3cccc(Cn4cnc5cnccc5c4=O)c3)cccc2n1. The fraction of sp³-hybridized carbons (Fsp3) is 0.0909. The topological polar surface area (TPSA) is 65.6 Å². The average Bonchev–Trinajstić information content (AvgIpc) is 3.11. The summed E-state index contributed by atoms with van der Waals surface area (Å²) in [5.74, 6) is 0. The van der Waals surface area contributed by atoms with Crippen LogP contribution in [0.25, 0.3) is 32.9 Å². The lowest BCUT2D eigenvalue weighted by atomic mass is 10.00. The molecule has 0 bridgehead atoms. The quantitative estimate of drug-likeness (QED) is 0.490. The van der Waals surface area contributed by atoms with E-state index >= 15 is 0 Å². The highest BCUT2D eigenvalue weighted by Crippen LogP contribution is 2.28. The zero-order valence-electron chi connectivity index (χ0n) is 15.3. The molecule has 3 heterocycles. The molecule has 136 valence electrons. The van der Waals surface area contributed by atoms with E-state index in [2.05, 4.69) is 33.3 Å². The van der Waals surface area contributed by atoms with Crippen LogP contribution < -0.4 is 5.56 Å². The van der Waals surface area contributed by atoms with Crippen molar-refractivity contribution in [2.75, 3.05) is 0 Å². The van der Waals surface area contributed by atoms with Crippen molar-refractivity contribution < 1.29 is 0 Å². The number of rotatable bonds is 3. The van der Waals surface area contributed by atoms with Crippen LogP contribution in [-0.4, -0.2) is 24.3 Å². The molecule has 0 aliphatic rings. The number of hydrogen-bond donors (Lipinski definition) is 0. The molecule has 0 aliphatic heterocycles. The minimum atomic E-state index is -0.0628. The Kier molecular flexibility index (Phi) is 3.76. The van der Waals surface area contributed by atoms with Crippen molar-refractivity contribution in [1.29, 1.82) is 0 Å². The first-order valence-electron chi connectivity index (χ1n) is 9.00. The van der Waals surface area contributed by atoms with Crippen molar-refractivity contribution >= 4 is 21.8 Å². The summed E-state index contributed by atoms with van der Waals surface area (Å²) in [6.45, 7) is 0.459. The molecule has 0 fully saturated rings. The summed E-state index contributed by atoms with van der Waals surface area (Å²) in [4.78, 5) is 21.1. The van der Waals surface area contributed by atoms with Gasteiger partial charge in [-0.15, -0.1) is 0 Å². The van der Waals surface area contributed by atoms with Gasteiger partial charge in [0.15, 0.2) is 0 Å². The van der Waals surface area contributed by atoms with E-state index in [-0.39, 0.29) is 5.56 Å². The van der Waals surface area contributed by atoms with Crippen LogP contribution in [0.5, 0.6) is 0 Å². The van der Waals surface area contributed by atoms with Crippen LogP contribution in [0.4, 0.5) is 0 Å². The fourth-order valence-corrected chi connectivity index (χ4v) is 3.57. The van der Waals surface area contributed by atoms with E-state index in [4.69, 9.17) is 0 Å². The molecule has 0 saturated heterocycles. The zero-order chi connectivity index (χ0) is 19.1. The Morgan fingerprint density at radius 2 is 1.89 bits per heavy atom. The third-order valence-electron chi connectivity index (χ3n) is 4.88. The summed E-state index contributed by atoms with van der Waals surface area (Å²) in [5, 5.41) is 6.18. The molecule has 0 spiro atoms. The first-order valence-corrected chi connectivity index (χ1v) is 9.00. The van der Waals surface area contributed by atoms with E-state index in [0.717, 1.165) is 27.6 Å². The molecule has 6 heteroatoms. The maximum absolute atomic E-state index is 12.7. The molecule has 5 aromatic rings. The smallest absolute Gasteiger partial charge is 0.261 e. The third kappa shape index (κ3) is 2.75. The molecule has 28 heavy (non-hydrogen) atoms. The predicted octanol–water partition coefficient (Wildman–Crippen LogP) is 3.39. The van der Waals surface area contributed by atoms with E-state index < -0.39 is 0 Å². The molecule has 0 N–H and O–H groups in total. The van der Waals surface area contributed by atoms with Crippen molar-refractivity contribution in [3.8, 4) is 11.1 Å². The van der Waals surface area contributed by atoms with E-state index in [0.29, 0.717) is 17.4 Å². The van der Waals surface area contributed by atoms with Gasteiger partial charge in [0.2, 0.25) is 0 Å². The number of aromatic nitrogens is 5. The van der Waals surface area contributed by atoms with Gasteiger partial charge in [-0.05, 0) is 34.9 Å². The Balaban J connectivity index is 1.56. The van der Waals surface area contributed by atoms with Gasteiger partial charge in [0.25, 0.3) is 5.56 Å². The molecule has 0 radical (unpaired) electrons. The van der Waals surface area contributed by atoms with E-state index in [1.807, 2.05) is 42.2 Å². The minimum absolute atomic E-state index is 0.0628. The first-order chi connectivity index (χ1) is 13.7. The number of benzene rings is 2. The van der Waals surface area contributed by atoms with Gasteiger partial charge in [0.1, 0.15) is 0 Å². The van der Waals surface area contributed by atoms with Gasteiger partial charge in [-0.3, -0.25) is 19.0 Å². The first kappa shape index (κ1) is 16.4. The summed E-state index contributed by atoms with van der Waals surface area (Å²) < 4.78 is 3.46. The molecule has 0 saturated carbocycles. The molecule has 5 rings (SSSR count). The van der Waals surface area contributed by atoms with E-state index in [1.54, 1.807) is 29.4 Å². The second-order valence-corrected chi connectivity index (χ2v) is 6.81. The minimum Gasteiger partial charge on any atom is -0.294 e. The second-order valence-electron chi connectivity index (χ2n) is 6.81. The van der Waals surface area contributed by atoms with Crippen molar-refractivity contribution in [2.24, 2.45) is 7.05 Å². The predicted molar refractivity (Wildman–Crippen MR) is 109 cm³/mol. The monoisotopic (exact) mass is 367 g/mol. The van der Waals surface area contributed by atoms with Crippen LogP contribution in [-0.2, 0) is 13.6 Å². The zero-order valence-corrected chi connectivity index (χ0v) is 15.3. The largest absolute Gasteiger partial charge is 0.294 e. The van der Waals surface area contributed by atoms with Gasteiger partial charge in [-0.25, -0.2) is 4.98 Å². The molecule has 0 aliphatic carbocycles. The Morgan fingerprint density at radius 1 is 1.00 bits per heavy atom. The third-order valence-corrected chi connectivity index (χ3v) is 4.88. The lowest BCUT2D eigenvalue weighted by Crippen LogP contribution is -2.21. The normalized spacial score (nSPS) is 11.3. The van der Waals surface area contributed by atoms with Crippen molar-refractivity contribution in [2.45, 2.75) is 6.54 Å². The van der Waals surface area contributed by atoms with E-state index in [9.17, 15) is 4.79 Å². The fourth-order valence-electron chi connectivity index (χ4n) is 3.57. The molecular formula is C22H17N5O. The molecular weight excluding hydrogens is 350 g/mol. The van der Waals surface area contributed by atoms with Crippen molar-refractivity contribution in [3.05, 3.63) is 89.4 Å². The molecule has 0 amide bonds. The number of aryl methyl sites for hydroxylation is 1. The van der Waals surface area contributed by atoms with Crippen molar-refractivity contribution in [1.82, 2.24) is 24.3 Å². The summed E-state index contributed by atoms with van der Waals surface area (Å²) in [6, 6.07) is 16.1. The van der Waals surface area contributed by atoms with Gasteiger partial charge in [-0.1, -0.05) is 30.3 Å². The van der Waals surface area contributed by atoms with Crippen molar-refractivity contribution in [3.63, 3.8) is 0 Å². The Morgan fingerprint density at radius 3 is 2.82 bits per heavy atom. The van der Waals surface area contributed by atoms with Crippen LogP contribution in [0.2, 0.25) is 0 Å². The molecule has 0 atom stereocenters. The number of pyridine rings is 1. The van der Waals surface area contributed by atoms with Gasteiger partial charge in [-0.2, -0.15) is 5.10 Å². The maximum atomic E-state index is 12.7. The molecule has 3 aromatic heterocycles. The Hall–Kier alpha value is -3.80. The van der Waals surface area contributed by atoms with E-state index in [1.165, 1.54) is 0 Å². The highest BCUT2D eigenvalue weighted by Gasteiger charge is 2.09. The summed E-state index contributed by atoms with van der Waals surface area (Å²) in [7, 11) is 1.93. The van der Waals surface area contributed by atoms with Gasteiger partial charge in [0.05, 0.1) is 35.5 Å².